The van der Waals surface area contributed by atoms with Crippen LogP contribution in [0.1, 0.15) is 24.7 Å². The van der Waals surface area contributed by atoms with Gasteiger partial charge in [-0.1, -0.05) is 37.3 Å². The Morgan fingerprint density at radius 1 is 1.11 bits per heavy atom. The Kier molecular flexibility index (Phi) is 6.30. The molecule has 0 aliphatic rings. The summed E-state index contributed by atoms with van der Waals surface area (Å²) >= 11 is 0. The van der Waals surface area contributed by atoms with Crippen molar-refractivity contribution in [3.63, 3.8) is 0 Å². The summed E-state index contributed by atoms with van der Waals surface area (Å²) in [5, 5.41) is 11.3. The average Bonchev–Trinajstić information content (AvgIpc) is 3.13. The number of benzene rings is 2. The Morgan fingerprint density at radius 3 is 2.74 bits per heavy atom. The summed E-state index contributed by atoms with van der Waals surface area (Å²) in [5.41, 5.74) is 0.830. The summed E-state index contributed by atoms with van der Waals surface area (Å²) < 4.78 is 12.6. The molecule has 3 aromatic rings. The van der Waals surface area contributed by atoms with Crippen LogP contribution in [0.25, 0.3) is 6.08 Å². The topological polar surface area (TPSA) is 79.1 Å². The number of aryl methyl sites for hydroxylation is 1. The van der Waals surface area contributed by atoms with Crippen LogP contribution in [0.15, 0.2) is 60.7 Å². The lowest BCUT2D eigenvalue weighted by Crippen LogP contribution is -2.09. The Labute approximate surface area is 157 Å². The van der Waals surface area contributed by atoms with E-state index in [1.807, 2.05) is 61.5 Å². The van der Waals surface area contributed by atoms with Crippen molar-refractivity contribution in [2.24, 2.45) is 0 Å². The fraction of sp³-hybridized carbons (Fsp3) is 0.200. The third-order valence-electron chi connectivity index (χ3n) is 3.63. The van der Waals surface area contributed by atoms with Crippen LogP contribution >= 0.6 is 0 Å². The number of carbonyl (C=O) groups is 1. The SMILES string of the molecule is CCCn1nnnc1COC(=O)/C=C/c1cccc(Oc2ccccc2)c1. The maximum absolute atomic E-state index is 11.9. The van der Waals surface area contributed by atoms with Crippen LogP contribution in [-0.4, -0.2) is 26.2 Å². The molecule has 3 rings (SSSR count). The van der Waals surface area contributed by atoms with Gasteiger partial charge in [-0.3, -0.25) is 0 Å². The molecular formula is C20H20N4O3. The van der Waals surface area contributed by atoms with Gasteiger partial charge in [0.25, 0.3) is 0 Å². The van der Waals surface area contributed by atoms with E-state index in [4.69, 9.17) is 9.47 Å². The second kappa shape index (κ2) is 9.28. The van der Waals surface area contributed by atoms with Gasteiger partial charge in [-0.2, -0.15) is 0 Å². The van der Waals surface area contributed by atoms with Gasteiger partial charge < -0.3 is 9.47 Å². The number of ether oxygens (including phenoxy) is 2. The van der Waals surface area contributed by atoms with Crippen LogP contribution in [0.4, 0.5) is 0 Å². The molecule has 0 aliphatic heterocycles. The van der Waals surface area contributed by atoms with Crippen molar-refractivity contribution in [1.29, 1.82) is 0 Å². The van der Waals surface area contributed by atoms with Crippen LogP contribution < -0.4 is 4.74 Å². The number of rotatable bonds is 8. The minimum Gasteiger partial charge on any atom is -0.457 e. The van der Waals surface area contributed by atoms with E-state index < -0.39 is 5.97 Å². The molecule has 1 aromatic heterocycles. The number of carbonyl (C=O) groups excluding carboxylic acids is 1. The Bertz CT molecular complexity index is 906. The van der Waals surface area contributed by atoms with Crippen molar-refractivity contribution in [3.05, 3.63) is 72.1 Å². The van der Waals surface area contributed by atoms with Crippen molar-refractivity contribution in [1.82, 2.24) is 20.2 Å². The third kappa shape index (κ3) is 5.50. The molecule has 0 fully saturated rings. The maximum Gasteiger partial charge on any atom is 0.331 e. The average molecular weight is 364 g/mol. The molecule has 0 radical (unpaired) electrons. The fourth-order valence-corrected chi connectivity index (χ4v) is 2.37. The first-order chi connectivity index (χ1) is 13.2. The van der Waals surface area contributed by atoms with Crippen LogP contribution in [-0.2, 0) is 22.7 Å². The maximum atomic E-state index is 11.9. The summed E-state index contributed by atoms with van der Waals surface area (Å²) in [4.78, 5) is 11.9. The summed E-state index contributed by atoms with van der Waals surface area (Å²) in [5.74, 6) is 1.51. The van der Waals surface area contributed by atoms with Gasteiger partial charge in [0.2, 0.25) is 0 Å². The summed E-state index contributed by atoms with van der Waals surface area (Å²) in [6, 6.07) is 17.0. The molecule has 27 heavy (non-hydrogen) atoms. The zero-order valence-electron chi connectivity index (χ0n) is 15.0. The van der Waals surface area contributed by atoms with E-state index in [0.29, 0.717) is 18.1 Å². The molecular weight excluding hydrogens is 344 g/mol. The Morgan fingerprint density at radius 2 is 1.93 bits per heavy atom. The van der Waals surface area contributed by atoms with Crippen LogP contribution in [0.3, 0.4) is 0 Å². The number of esters is 1. The standard InChI is InChI=1S/C20H20N4O3/c1-2-13-24-19(21-22-23-24)15-26-20(25)12-11-16-7-6-10-18(14-16)27-17-8-4-3-5-9-17/h3-12,14H,2,13,15H2,1H3/b12-11+. The molecule has 0 aliphatic carbocycles. The minimum absolute atomic E-state index is 0.0351. The molecule has 0 unspecified atom stereocenters. The molecule has 0 spiro atoms. The summed E-state index contributed by atoms with van der Waals surface area (Å²) in [6.07, 6.45) is 3.94. The smallest absolute Gasteiger partial charge is 0.331 e. The molecule has 0 saturated carbocycles. The van der Waals surface area contributed by atoms with Gasteiger partial charge in [-0.05, 0) is 52.8 Å². The van der Waals surface area contributed by atoms with E-state index >= 15 is 0 Å². The number of para-hydroxylation sites is 1. The van der Waals surface area contributed by atoms with Gasteiger partial charge in [-0.25, -0.2) is 9.48 Å². The normalized spacial score (nSPS) is 10.9. The van der Waals surface area contributed by atoms with Gasteiger partial charge in [0.15, 0.2) is 12.4 Å². The second-order valence-electron chi connectivity index (χ2n) is 5.75. The molecule has 0 saturated heterocycles. The molecule has 1 heterocycles. The van der Waals surface area contributed by atoms with E-state index in [2.05, 4.69) is 15.5 Å². The Balaban J connectivity index is 1.56. The molecule has 0 N–H and O–H groups in total. The molecule has 138 valence electrons. The van der Waals surface area contributed by atoms with Crippen LogP contribution in [0.2, 0.25) is 0 Å². The highest BCUT2D eigenvalue weighted by atomic mass is 16.5. The van der Waals surface area contributed by atoms with Gasteiger partial charge in [0.1, 0.15) is 11.5 Å². The number of aromatic nitrogens is 4. The highest BCUT2D eigenvalue weighted by Gasteiger charge is 2.07. The van der Waals surface area contributed by atoms with Crippen LogP contribution in [0.5, 0.6) is 11.5 Å². The zero-order valence-corrected chi connectivity index (χ0v) is 15.0. The lowest BCUT2D eigenvalue weighted by Gasteiger charge is -2.06. The largest absolute Gasteiger partial charge is 0.457 e. The highest BCUT2D eigenvalue weighted by Crippen LogP contribution is 2.22. The van der Waals surface area contributed by atoms with E-state index in [9.17, 15) is 4.79 Å². The van der Waals surface area contributed by atoms with Gasteiger partial charge in [0, 0.05) is 12.6 Å². The summed E-state index contributed by atoms with van der Waals surface area (Å²) in [6.45, 7) is 2.74. The lowest BCUT2D eigenvalue weighted by atomic mass is 10.2. The van der Waals surface area contributed by atoms with Crippen molar-refractivity contribution in [3.8, 4) is 11.5 Å². The molecule has 2 aromatic carbocycles. The predicted octanol–water partition coefficient (Wildman–Crippen LogP) is 3.63. The van der Waals surface area contributed by atoms with Gasteiger partial charge >= 0.3 is 5.97 Å². The lowest BCUT2D eigenvalue weighted by molar-refractivity contribution is -0.139. The van der Waals surface area contributed by atoms with Crippen molar-refractivity contribution in [2.75, 3.05) is 0 Å². The van der Waals surface area contributed by atoms with Crippen molar-refractivity contribution < 1.29 is 14.3 Å². The predicted molar refractivity (Wildman–Crippen MR) is 99.9 cm³/mol. The minimum atomic E-state index is -0.463. The van der Waals surface area contributed by atoms with E-state index in [-0.39, 0.29) is 6.61 Å². The van der Waals surface area contributed by atoms with Gasteiger partial charge in [0.05, 0.1) is 0 Å². The first-order valence-electron chi connectivity index (χ1n) is 8.67. The van der Waals surface area contributed by atoms with Gasteiger partial charge in [-0.15, -0.1) is 5.10 Å². The number of hydrogen-bond donors (Lipinski definition) is 0. The molecule has 7 heteroatoms. The molecule has 7 nitrogen and oxygen atoms in total. The van der Waals surface area contributed by atoms with Crippen LogP contribution in [0, 0.1) is 0 Å². The number of hydrogen-bond acceptors (Lipinski definition) is 6. The van der Waals surface area contributed by atoms with E-state index in [0.717, 1.165) is 17.7 Å². The molecule has 0 amide bonds. The highest BCUT2D eigenvalue weighted by molar-refractivity contribution is 5.87. The third-order valence-corrected chi connectivity index (χ3v) is 3.63. The molecule has 0 atom stereocenters. The quantitative estimate of drug-likeness (QED) is 0.449. The first kappa shape index (κ1) is 18.3. The zero-order chi connectivity index (χ0) is 18.9. The monoisotopic (exact) mass is 364 g/mol. The second-order valence-corrected chi connectivity index (χ2v) is 5.75. The van der Waals surface area contributed by atoms with Crippen molar-refractivity contribution in [2.45, 2.75) is 26.5 Å². The summed E-state index contributed by atoms with van der Waals surface area (Å²) in [7, 11) is 0. The van der Waals surface area contributed by atoms with E-state index in [1.54, 1.807) is 10.8 Å². The van der Waals surface area contributed by atoms with Crippen molar-refractivity contribution >= 4 is 12.0 Å². The van der Waals surface area contributed by atoms with E-state index in [1.165, 1.54) is 6.08 Å². The number of tetrazole rings is 1. The number of nitrogens with zero attached hydrogens (tertiary/aromatic N) is 4. The first-order valence-corrected chi connectivity index (χ1v) is 8.67. The Hall–Kier alpha value is -3.48. The molecule has 0 bridgehead atoms. The fourth-order valence-electron chi connectivity index (χ4n) is 2.37.